The number of halogens is 2. The summed E-state index contributed by atoms with van der Waals surface area (Å²) in [6.45, 7) is 43.4. The van der Waals surface area contributed by atoms with Gasteiger partial charge in [0.05, 0.1) is 89.5 Å². The second-order valence-corrected chi connectivity index (χ2v) is 34.8. The zero-order valence-electron chi connectivity index (χ0n) is 71.8. The molecule has 0 spiro atoms. The number of hydrogen-bond donors (Lipinski definition) is 0. The molecule has 6 heterocycles. The third kappa shape index (κ3) is 14.5. The van der Waals surface area contributed by atoms with Crippen LogP contribution >= 0.6 is 31.9 Å². The van der Waals surface area contributed by atoms with Crippen LogP contribution in [0.2, 0.25) is 0 Å². The van der Waals surface area contributed by atoms with Crippen molar-refractivity contribution in [2.24, 2.45) is 0 Å². The number of hydrogen-bond acceptors (Lipinski definition) is 6. The molecule has 582 valence electrons. The zero-order valence-corrected chi connectivity index (χ0v) is 74.9. The molecule has 0 aliphatic carbocycles. The Morgan fingerprint density at radius 1 is 0.192 bits per heavy atom. The fourth-order valence-electron chi connectivity index (χ4n) is 18.3. The minimum atomic E-state index is 0.792. The lowest BCUT2D eigenvalue weighted by atomic mass is 9.89. The molecule has 6 aromatic heterocycles. The fraction of sp³-hybridized carbons (Fsp3) is 0.179. The standard InChI is InChI=1S/C112H90Br2N6/c1-59-47-63(5)95(64(6)48-59)93-45-43-83-37-39-89-57-87(105(119-109(89)107(83)115-93)99-71(13)75(17)101(113)76(18)72(99)14)35-31-81-25-21-79(22-26-81)29-33-85-55-91-41-42-92-56-86(104(98-69(11)53-62(4)54-70(98)12)118-112(92)111(91)117-103(85)97-67(9)51-61(3)52-68(97)10)34-30-80-23-27-82(28-24-80)32-36-88-58-90-40-38-84-44-46-94(96-65(7)49-60(2)50-66(96)8)116-108(84)110(90)120-106(88)100-73(15)77(19)102(114)78(20)74(100)16/h21-28,37-58H,1-20H3. The first-order valence-corrected chi connectivity index (χ1v) is 42.5. The Bertz CT molecular complexity index is 7050. The first-order valence-electron chi connectivity index (χ1n) is 40.9. The SMILES string of the molecule is Cc1cc(C)c(-c2ccc3ccc4cc(C#Cc5ccc(C#Cc6cc7ccc8cc(C#Cc9ccc(C#Cc%10cc%11ccc%12ccc(-c%13c(C)cc(C)cc%13C)nc%12c%11nc%10-c%10c(C)c(C)c(Br)c(C)c%10C)cc9)c(-c9c(C)cc(C)cc9C)nc8c7nc6-c6c(C)cc(C)cc6C)cc5)c(-c5c(C)c(C)c(Br)c(C)c5C)nc4c3n2)c(C)c1. The van der Waals surface area contributed by atoms with Crippen LogP contribution in [0, 0.1) is 186 Å². The van der Waals surface area contributed by atoms with Crippen LogP contribution in [0.3, 0.4) is 0 Å². The lowest BCUT2D eigenvalue weighted by Gasteiger charge is -2.19. The van der Waals surface area contributed by atoms with E-state index in [0.29, 0.717) is 0 Å². The summed E-state index contributed by atoms with van der Waals surface area (Å²) < 4.78 is 2.23. The highest BCUT2D eigenvalue weighted by Gasteiger charge is 2.26. The Kier molecular flexibility index (Phi) is 20.8. The van der Waals surface area contributed by atoms with Gasteiger partial charge in [0.15, 0.2) is 0 Å². The smallest absolute Gasteiger partial charge is 0.0973 e. The first kappa shape index (κ1) is 79.5. The van der Waals surface area contributed by atoms with Crippen LogP contribution in [0.15, 0.2) is 191 Å². The van der Waals surface area contributed by atoms with Gasteiger partial charge in [-0.1, -0.05) is 199 Å². The van der Waals surface area contributed by atoms with Crippen LogP contribution < -0.4 is 0 Å². The van der Waals surface area contributed by atoms with Crippen LogP contribution in [-0.2, 0) is 0 Å². The number of pyridine rings is 6. The van der Waals surface area contributed by atoms with Crippen LogP contribution in [0.1, 0.15) is 156 Å². The Balaban J connectivity index is 0.723. The third-order valence-electron chi connectivity index (χ3n) is 24.4. The Morgan fingerprint density at radius 3 is 0.633 bits per heavy atom. The number of benzene rings is 11. The molecule has 17 rings (SSSR count). The van der Waals surface area contributed by atoms with Gasteiger partial charge >= 0.3 is 0 Å². The van der Waals surface area contributed by atoms with Gasteiger partial charge < -0.3 is 0 Å². The summed E-state index contributed by atoms with van der Waals surface area (Å²) in [7, 11) is 0. The molecule has 11 aromatic carbocycles. The van der Waals surface area contributed by atoms with E-state index in [1.165, 1.54) is 66.8 Å². The maximum absolute atomic E-state index is 5.71. The van der Waals surface area contributed by atoms with Crippen molar-refractivity contribution in [1.29, 1.82) is 0 Å². The molecule has 6 nitrogen and oxygen atoms in total. The Morgan fingerprint density at radius 2 is 0.392 bits per heavy atom. The Hall–Kier alpha value is -12.9. The maximum Gasteiger partial charge on any atom is 0.0973 e. The highest BCUT2D eigenvalue weighted by Crippen LogP contribution is 2.44. The molecular weight excluding hydrogens is 1590 g/mol. The van der Waals surface area contributed by atoms with E-state index in [-0.39, 0.29) is 0 Å². The minimum absolute atomic E-state index is 0.792. The van der Waals surface area contributed by atoms with Gasteiger partial charge in [0.1, 0.15) is 0 Å². The van der Waals surface area contributed by atoms with Crippen molar-refractivity contribution in [3.05, 3.63) is 347 Å². The van der Waals surface area contributed by atoms with Crippen molar-refractivity contribution >= 4 is 97.3 Å². The van der Waals surface area contributed by atoms with Crippen molar-refractivity contribution in [1.82, 2.24) is 29.9 Å². The van der Waals surface area contributed by atoms with E-state index >= 15 is 0 Å². The quantitative estimate of drug-likeness (QED) is 0.122. The summed E-state index contributed by atoms with van der Waals surface area (Å²) in [5.74, 6) is 28.8. The first-order chi connectivity index (χ1) is 57.5. The van der Waals surface area contributed by atoms with Crippen molar-refractivity contribution in [3.63, 3.8) is 0 Å². The fourth-order valence-corrected chi connectivity index (χ4v) is 19.5. The van der Waals surface area contributed by atoms with E-state index in [0.717, 1.165) is 231 Å². The average molecular weight is 1680 g/mol. The highest BCUT2D eigenvalue weighted by molar-refractivity contribution is 9.11. The van der Waals surface area contributed by atoms with E-state index in [1.54, 1.807) is 0 Å². The van der Waals surface area contributed by atoms with E-state index in [1.807, 2.05) is 0 Å². The predicted molar refractivity (Wildman–Crippen MR) is 511 cm³/mol. The second-order valence-electron chi connectivity index (χ2n) is 33.2. The molecule has 0 aliphatic rings. The zero-order chi connectivity index (χ0) is 84.3. The molecule has 0 unspecified atom stereocenters. The van der Waals surface area contributed by atoms with Crippen LogP contribution in [0.25, 0.3) is 133 Å². The van der Waals surface area contributed by atoms with Crippen molar-refractivity contribution in [3.8, 4) is 115 Å². The molecule has 0 radical (unpaired) electrons. The summed E-state index contributed by atoms with van der Waals surface area (Å²) in [4.78, 5) is 33.5. The largest absolute Gasteiger partial charge is 0.245 e. The lowest BCUT2D eigenvalue weighted by Crippen LogP contribution is -2.02. The van der Waals surface area contributed by atoms with Gasteiger partial charge in [0.2, 0.25) is 0 Å². The molecule has 0 aliphatic heterocycles. The molecule has 0 N–H and O–H groups in total. The topological polar surface area (TPSA) is 77.3 Å². The number of aromatic nitrogens is 6. The average Bonchev–Trinajstić information content (AvgIpc) is 0.750. The summed E-state index contributed by atoms with van der Waals surface area (Å²) >= 11 is 7.85. The summed E-state index contributed by atoms with van der Waals surface area (Å²) in [5, 5.41) is 5.90. The summed E-state index contributed by atoms with van der Waals surface area (Å²) in [5.41, 5.74) is 47.1. The molecule has 0 bridgehead atoms. The van der Waals surface area contributed by atoms with E-state index < -0.39 is 0 Å². The van der Waals surface area contributed by atoms with Crippen LogP contribution in [0.5, 0.6) is 0 Å². The third-order valence-corrected chi connectivity index (χ3v) is 26.8. The molecule has 120 heavy (non-hydrogen) atoms. The number of nitrogens with zero attached hydrogens (tertiary/aromatic N) is 6. The molecule has 17 aromatic rings. The molecule has 0 atom stereocenters. The molecular formula is C112H90Br2N6. The minimum Gasteiger partial charge on any atom is -0.245 e. The van der Waals surface area contributed by atoms with Gasteiger partial charge in [-0.2, -0.15) is 0 Å². The highest BCUT2D eigenvalue weighted by atomic mass is 79.9. The molecule has 8 heteroatoms. The van der Waals surface area contributed by atoms with Crippen molar-refractivity contribution < 1.29 is 0 Å². The van der Waals surface area contributed by atoms with Crippen LogP contribution in [0.4, 0.5) is 0 Å². The maximum atomic E-state index is 5.71. The van der Waals surface area contributed by atoms with Gasteiger partial charge in [-0.3, -0.25) is 0 Å². The summed E-state index contributed by atoms with van der Waals surface area (Å²) in [6, 6.07) is 64.7. The number of rotatable bonds is 6. The van der Waals surface area contributed by atoms with E-state index in [2.05, 4.69) is 400 Å². The second kappa shape index (κ2) is 31.4. The van der Waals surface area contributed by atoms with Crippen molar-refractivity contribution in [2.75, 3.05) is 0 Å². The van der Waals surface area contributed by atoms with Gasteiger partial charge in [-0.25, -0.2) is 29.9 Å². The van der Waals surface area contributed by atoms with Gasteiger partial charge in [-0.05, 0) is 312 Å². The summed E-state index contributed by atoms with van der Waals surface area (Å²) in [6.07, 6.45) is 0. The molecule has 0 fully saturated rings. The molecule has 0 saturated heterocycles. The van der Waals surface area contributed by atoms with Gasteiger partial charge in [-0.15, -0.1) is 0 Å². The molecule has 0 saturated carbocycles. The normalized spacial score (nSPS) is 11.3. The van der Waals surface area contributed by atoms with Gasteiger partial charge in [0, 0.05) is 96.9 Å². The number of fused-ring (bicyclic) bond motifs is 9. The number of aryl methyl sites for hydroxylation is 12. The van der Waals surface area contributed by atoms with Gasteiger partial charge in [0.25, 0.3) is 0 Å². The van der Waals surface area contributed by atoms with E-state index in [9.17, 15) is 0 Å². The monoisotopic (exact) mass is 1680 g/mol. The lowest BCUT2D eigenvalue weighted by molar-refractivity contribution is 1.20. The predicted octanol–water partition coefficient (Wildman–Crippen LogP) is 28.3. The van der Waals surface area contributed by atoms with Crippen molar-refractivity contribution in [2.45, 2.75) is 138 Å². The Labute approximate surface area is 721 Å². The van der Waals surface area contributed by atoms with Crippen LogP contribution in [-0.4, -0.2) is 29.9 Å². The van der Waals surface area contributed by atoms with E-state index in [4.69, 9.17) is 29.9 Å². The molecule has 0 amide bonds.